The zero-order chi connectivity index (χ0) is 30.3. The zero-order valence-electron chi connectivity index (χ0n) is 24.1. The Kier molecular flexibility index (Phi) is 9.01. The summed E-state index contributed by atoms with van der Waals surface area (Å²) in [5.74, 6) is 1.61. The number of urea groups is 1. The predicted octanol–water partition coefficient (Wildman–Crippen LogP) is 4.49. The number of hydrogen-bond acceptors (Lipinski definition) is 8. The summed E-state index contributed by atoms with van der Waals surface area (Å²) in [6.45, 7) is 3.23. The molecule has 2 aromatic carbocycles. The van der Waals surface area contributed by atoms with Crippen LogP contribution >= 0.6 is 11.3 Å². The number of carboxylic acid groups (broad SMARTS) is 1. The molecule has 4 heterocycles. The number of hydrogen-bond donors (Lipinski definition) is 3. The van der Waals surface area contributed by atoms with Gasteiger partial charge < -0.3 is 30.1 Å². The van der Waals surface area contributed by atoms with Crippen molar-refractivity contribution in [3.05, 3.63) is 70.5 Å². The first-order chi connectivity index (χ1) is 21.5. The van der Waals surface area contributed by atoms with Crippen LogP contribution in [0.25, 0.3) is 28.4 Å². The molecule has 6 rings (SSSR count). The summed E-state index contributed by atoms with van der Waals surface area (Å²) in [5, 5.41) is 25.3. The average molecular weight is 616 g/mol. The second-order valence-corrected chi connectivity index (χ2v) is 11.3. The summed E-state index contributed by atoms with van der Waals surface area (Å²) in [7, 11) is 0. The van der Waals surface area contributed by atoms with E-state index in [-0.39, 0.29) is 6.03 Å². The van der Waals surface area contributed by atoms with E-state index < -0.39 is 6.09 Å². The first-order valence-electron chi connectivity index (χ1n) is 14.6. The van der Waals surface area contributed by atoms with Crippen LogP contribution in [0.2, 0.25) is 0 Å². The van der Waals surface area contributed by atoms with Gasteiger partial charge in [-0.15, -0.1) is 16.4 Å². The van der Waals surface area contributed by atoms with E-state index >= 15 is 0 Å². The standard InChI is InChI=1S/C31H33N7O5S/c39-30-32-12-13-37(30)14-16-43-28-18-25(38-19-23(35-36-38)3-1-2-11-33-31(40)41)7-8-26(28)29-34-24(20-44-29)6-4-21-5-9-27-22(17-21)10-15-42-27/h4-9,17-20,33H,1-3,10-16H2,(H,32,39)(H,40,41). The van der Waals surface area contributed by atoms with Crippen molar-refractivity contribution in [1.82, 2.24) is 35.5 Å². The number of aromatic nitrogens is 4. The molecule has 2 aliphatic rings. The molecule has 0 radical (unpaired) electrons. The predicted molar refractivity (Wildman–Crippen MR) is 166 cm³/mol. The molecule has 0 aliphatic carbocycles. The lowest BCUT2D eigenvalue weighted by Gasteiger charge is -2.16. The number of thiazole rings is 1. The lowest BCUT2D eigenvalue weighted by Crippen LogP contribution is -2.31. The minimum Gasteiger partial charge on any atom is -0.493 e. The van der Waals surface area contributed by atoms with Crippen LogP contribution in [0, 0.1) is 0 Å². The van der Waals surface area contributed by atoms with Crippen molar-refractivity contribution in [2.24, 2.45) is 0 Å². The molecule has 0 saturated carbocycles. The SMILES string of the molecule is O=C(O)NCCCCc1cn(-c2ccc(-c3nc(C=Cc4ccc5c(c4)CCO5)cs3)c(OCCN3CCNC3=O)c2)nn1. The van der Waals surface area contributed by atoms with Gasteiger partial charge in [0.15, 0.2) is 0 Å². The number of nitrogens with one attached hydrogen (secondary N) is 2. The van der Waals surface area contributed by atoms with E-state index in [9.17, 15) is 9.59 Å². The Hall–Kier alpha value is -4.91. The van der Waals surface area contributed by atoms with Crippen LogP contribution in [0.3, 0.4) is 0 Å². The van der Waals surface area contributed by atoms with Gasteiger partial charge in [-0.25, -0.2) is 19.3 Å². The number of unbranched alkanes of at least 4 members (excludes halogenated alkanes) is 1. The molecule has 2 aromatic heterocycles. The summed E-state index contributed by atoms with van der Waals surface area (Å²) < 4.78 is 13.6. The molecule has 44 heavy (non-hydrogen) atoms. The van der Waals surface area contributed by atoms with Gasteiger partial charge in [-0.2, -0.15) is 0 Å². The number of benzene rings is 2. The smallest absolute Gasteiger partial charge is 0.404 e. The maximum Gasteiger partial charge on any atom is 0.404 e. The molecular formula is C31H33N7O5S. The number of fused-ring (bicyclic) bond motifs is 1. The number of nitrogens with zero attached hydrogens (tertiary/aromatic N) is 5. The Morgan fingerprint density at radius 3 is 3.00 bits per heavy atom. The quantitative estimate of drug-likeness (QED) is 0.187. The summed E-state index contributed by atoms with van der Waals surface area (Å²) >= 11 is 1.54. The zero-order valence-corrected chi connectivity index (χ0v) is 24.9. The monoisotopic (exact) mass is 615 g/mol. The van der Waals surface area contributed by atoms with Gasteiger partial charge in [0.05, 0.1) is 42.0 Å². The number of amides is 3. The lowest BCUT2D eigenvalue weighted by molar-refractivity contribution is 0.194. The Labute approximate surface area is 258 Å². The molecule has 0 spiro atoms. The highest BCUT2D eigenvalue weighted by Gasteiger charge is 2.20. The Morgan fingerprint density at radius 1 is 1.20 bits per heavy atom. The third-order valence-electron chi connectivity index (χ3n) is 7.38. The molecule has 228 valence electrons. The molecule has 0 atom stereocenters. The maximum absolute atomic E-state index is 12.0. The number of carbonyl (C=O) groups excluding carboxylic acids is 1. The summed E-state index contributed by atoms with van der Waals surface area (Å²) in [6, 6.07) is 12.0. The van der Waals surface area contributed by atoms with Gasteiger partial charge in [0.2, 0.25) is 0 Å². The van der Waals surface area contributed by atoms with Crippen LogP contribution in [0.15, 0.2) is 48.0 Å². The lowest BCUT2D eigenvalue weighted by atomic mass is 10.1. The van der Waals surface area contributed by atoms with Crippen molar-refractivity contribution >= 4 is 35.6 Å². The summed E-state index contributed by atoms with van der Waals surface area (Å²) in [4.78, 5) is 29.2. The molecule has 1 fully saturated rings. The Morgan fingerprint density at radius 2 is 2.14 bits per heavy atom. The largest absolute Gasteiger partial charge is 0.493 e. The fourth-order valence-corrected chi connectivity index (χ4v) is 5.90. The number of aryl methyl sites for hydroxylation is 1. The van der Waals surface area contributed by atoms with Gasteiger partial charge in [0, 0.05) is 37.5 Å². The number of ether oxygens (including phenoxy) is 2. The van der Waals surface area contributed by atoms with Crippen LogP contribution in [0.1, 0.15) is 35.4 Å². The normalized spacial score (nSPS) is 14.1. The molecule has 1 saturated heterocycles. The molecule has 3 N–H and O–H groups in total. The number of rotatable bonds is 13. The van der Waals surface area contributed by atoms with Crippen molar-refractivity contribution in [2.45, 2.75) is 25.7 Å². The van der Waals surface area contributed by atoms with E-state index in [1.165, 1.54) is 16.9 Å². The Balaban J connectivity index is 1.17. The second-order valence-electron chi connectivity index (χ2n) is 10.5. The van der Waals surface area contributed by atoms with Gasteiger partial charge in [0.25, 0.3) is 0 Å². The molecule has 13 heteroatoms. The summed E-state index contributed by atoms with van der Waals surface area (Å²) in [5.41, 5.74) is 5.64. The van der Waals surface area contributed by atoms with E-state index in [0.717, 1.165) is 58.4 Å². The van der Waals surface area contributed by atoms with Crippen LogP contribution in [-0.2, 0) is 12.8 Å². The minimum absolute atomic E-state index is 0.0799. The van der Waals surface area contributed by atoms with Gasteiger partial charge in [-0.05, 0) is 60.7 Å². The van der Waals surface area contributed by atoms with Crippen molar-refractivity contribution in [2.75, 3.05) is 39.4 Å². The van der Waals surface area contributed by atoms with E-state index in [4.69, 9.17) is 19.6 Å². The van der Waals surface area contributed by atoms with Crippen molar-refractivity contribution in [1.29, 1.82) is 0 Å². The van der Waals surface area contributed by atoms with Crippen molar-refractivity contribution in [3.63, 3.8) is 0 Å². The van der Waals surface area contributed by atoms with E-state index in [1.54, 1.807) is 9.58 Å². The average Bonchev–Trinajstić information content (AvgIpc) is 3.84. The van der Waals surface area contributed by atoms with Crippen molar-refractivity contribution < 1.29 is 24.2 Å². The minimum atomic E-state index is -1.02. The molecular weight excluding hydrogens is 582 g/mol. The van der Waals surface area contributed by atoms with E-state index in [1.807, 2.05) is 48.0 Å². The van der Waals surface area contributed by atoms with Crippen LogP contribution in [-0.4, -0.2) is 81.5 Å². The van der Waals surface area contributed by atoms with Gasteiger partial charge in [-0.1, -0.05) is 17.4 Å². The molecule has 4 aromatic rings. The summed E-state index contributed by atoms with van der Waals surface area (Å²) in [6.07, 6.45) is 8.05. The molecule has 2 aliphatic heterocycles. The highest BCUT2D eigenvalue weighted by molar-refractivity contribution is 7.13. The van der Waals surface area contributed by atoms with Gasteiger partial charge in [0.1, 0.15) is 23.1 Å². The first kappa shape index (κ1) is 29.2. The fourth-order valence-electron chi connectivity index (χ4n) is 5.08. The van der Waals surface area contributed by atoms with Gasteiger partial charge in [-0.3, -0.25) is 0 Å². The van der Waals surface area contributed by atoms with Crippen LogP contribution < -0.4 is 20.1 Å². The molecule has 3 amide bonds. The third-order valence-corrected chi connectivity index (χ3v) is 8.28. The topological polar surface area (TPSA) is 144 Å². The highest BCUT2D eigenvalue weighted by Crippen LogP contribution is 2.35. The maximum atomic E-state index is 12.0. The fraction of sp³-hybridized carbons (Fsp3) is 0.323. The van der Waals surface area contributed by atoms with Crippen LogP contribution in [0.5, 0.6) is 11.5 Å². The molecule has 0 bridgehead atoms. The van der Waals surface area contributed by atoms with Gasteiger partial charge >= 0.3 is 12.1 Å². The van der Waals surface area contributed by atoms with Crippen molar-refractivity contribution in [3.8, 4) is 27.8 Å². The van der Waals surface area contributed by atoms with Crippen LogP contribution in [0.4, 0.5) is 9.59 Å². The molecule has 0 unspecified atom stereocenters. The first-order valence-corrected chi connectivity index (χ1v) is 15.5. The van der Waals surface area contributed by atoms with E-state index in [0.29, 0.717) is 51.4 Å². The molecule has 12 nitrogen and oxygen atoms in total. The number of carbonyl (C=O) groups is 2. The Bertz CT molecular complexity index is 1670. The third kappa shape index (κ3) is 7.17. The van der Waals surface area contributed by atoms with E-state index in [2.05, 4.69) is 33.1 Å². The highest BCUT2D eigenvalue weighted by atomic mass is 32.1. The second kappa shape index (κ2) is 13.6.